The Kier molecular flexibility index (Phi) is 7.01. The molecule has 0 saturated carbocycles. The van der Waals surface area contributed by atoms with E-state index in [9.17, 15) is 4.79 Å². The second kappa shape index (κ2) is 9.00. The number of hydrazone groups is 1. The number of thiazole rings is 1. The number of anilines is 1. The standard InChI is InChI=1S/C15H15BrClN3O3S/c1-3-23-13(21)6-10-8-24-15(19-10)20-18-7-9-4-11(16)14(22-2)12(17)5-9/h4-5,7-8H,3,6H2,1-2H3,(H,19,20). The van der Waals surface area contributed by atoms with E-state index < -0.39 is 0 Å². The highest BCUT2D eigenvalue weighted by molar-refractivity contribution is 9.10. The van der Waals surface area contributed by atoms with Crippen LogP contribution in [0.25, 0.3) is 0 Å². The highest BCUT2D eigenvalue weighted by Crippen LogP contribution is 2.33. The number of ether oxygens (including phenoxy) is 2. The number of hydrogen-bond acceptors (Lipinski definition) is 7. The van der Waals surface area contributed by atoms with Crippen LogP contribution in [-0.2, 0) is 16.0 Å². The number of nitrogens with zero attached hydrogens (tertiary/aromatic N) is 2. The molecule has 2 rings (SSSR count). The third-order valence-electron chi connectivity index (χ3n) is 2.78. The lowest BCUT2D eigenvalue weighted by molar-refractivity contribution is -0.142. The van der Waals surface area contributed by atoms with Crippen LogP contribution in [0.2, 0.25) is 5.02 Å². The highest BCUT2D eigenvalue weighted by atomic mass is 79.9. The largest absolute Gasteiger partial charge is 0.494 e. The van der Waals surface area contributed by atoms with Crippen molar-refractivity contribution >= 4 is 56.2 Å². The fourth-order valence-electron chi connectivity index (χ4n) is 1.81. The second-order valence-electron chi connectivity index (χ2n) is 4.51. The number of carbonyl (C=O) groups is 1. The Bertz CT molecular complexity index is 728. The molecule has 0 spiro atoms. The molecule has 24 heavy (non-hydrogen) atoms. The van der Waals surface area contributed by atoms with Gasteiger partial charge in [-0.25, -0.2) is 4.98 Å². The molecule has 1 N–H and O–H groups in total. The predicted molar refractivity (Wildman–Crippen MR) is 99.4 cm³/mol. The van der Waals surface area contributed by atoms with E-state index in [1.807, 2.05) is 6.07 Å². The zero-order valence-corrected chi connectivity index (χ0v) is 16.2. The fraction of sp³-hybridized carbons (Fsp3) is 0.267. The van der Waals surface area contributed by atoms with Crippen molar-refractivity contribution in [2.45, 2.75) is 13.3 Å². The van der Waals surface area contributed by atoms with Gasteiger partial charge in [-0.1, -0.05) is 11.6 Å². The van der Waals surface area contributed by atoms with Gasteiger partial charge in [0.2, 0.25) is 5.13 Å². The predicted octanol–water partition coefficient (Wildman–Crippen LogP) is 4.12. The van der Waals surface area contributed by atoms with E-state index in [2.05, 4.69) is 31.4 Å². The molecule has 0 aliphatic carbocycles. The van der Waals surface area contributed by atoms with Crippen molar-refractivity contribution in [2.24, 2.45) is 5.10 Å². The molecule has 6 nitrogen and oxygen atoms in total. The number of rotatable bonds is 7. The second-order valence-corrected chi connectivity index (χ2v) is 6.63. The van der Waals surface area contributed by atoms with Gasteiger partial charge in [0.1, 0.15) is 0 Å². The van der Waals surface area contributed by atoms with Crippen molar-refractivity contribution in [2.75, 3.05) is 19.1 Å². The molecular formula is C15H15BrClN3O3S. The first-order chi connectivity index (χ1) is 11.5. The summed E-state index contributed by atoms with van der Waals surface area (Å²) in [6, 6.07) is 3.58. The third kappa shape index (κ3) is 5.19. The minimum atomic E-state index is -0.296. The Balaban J connectivity index is 1.97. The molecule has 9 heteroatoms. The number of methoxy groups -OCH3 is 1. The molecule has 1 heterocycles. The van der Waals surface area contributed by atoms with E-state index >= 15 is 0 Å². The Morgan fingerprint density at radius 1 is 1.54 bits per heavy atom. The summed E-state index contributed by atoms with van der Waals surface area (Å²) in [6.07, 6.45) is 1.76. The molecule has 0 aliphatic rings. The topological polar surface area (TPSA) is 72.8 Å². The van der Waals surface area contributed by atoms with E-state index in [4.69, 9.17) is 21.1 Å². The van der Waals surface area contributed by atoms with Crippen molar-refractivity contribution < 1.29 is 14.3 Å². The van der Waals surface area contributed by atoms with Gasteiger partial charge in [-0.15, -0.1) is 11.3 Å². The first-order valence-corrected chi connectivity index (χ1v) is 9.00. The van der Waals surface area contributed by atoms with Gasteiger partial charge >= 0.3 is 5.97 Å². The van der Waals surface area contributed by atoms with Crippen LogP contribution >= 0.6 is 38.9 Å². The highest BCUT2D eigenvalue weighted by Gasteiger charge is 2.09. The first kappa shape index (κ1) is 18.7. The molecule has 1 aromatic carbocycles. The van der Waals surface area contributed by atoms with Crippen molar-refractivity contribution in [1.82, 2.24) is 4.98 Å². The molecule has 0 radical (unpaired) electrons. The van der Waals surface area contributed by atoms with Gasteiger partial charge in [0.15, 0.2) is 5.75 Å². The quantitative estimate of drug-likeness (QED) is 0.405. The van der Waals surface area contributed by atoms with Crippen LogP contribution in [0.15, 0.2) is 27.1 Å². The van der Waals surface area contributed by atoms with Crippen LogP contribution in [0, 0.1) is 0 Å². The van der Waals surface area contributed by atoms with Crippen molar-refractivity contribution in [3.8, 4) is 5.75 Å². The number of aromatic nitrogens is 1. The summed E-state index contributed by atoms with van der Waals surface area (Å²) >= 11 is 10.9. The molecule has 0 atom stereocenters. The van der Waals surface area contributed by atoms with Crippen LogP contribution in [0.5, 0.6) is 5.75 Å². The number of carbonyl (C=O) groups excluding carboxylic acids is 1. The molecule has 0 fully saturated rings. The molecular weight excluding hydrogens is 418 g/mol. The van der Waals surface area contributed by atoms with E-state index in [1.54, 1.807) is 31.7 Å². The molecule has 0 unspecified atom stereocenters. The van der Waals surface area contributed by atoms with Gasteiger partial charge in [-0.05, 0) is 40.5 Å². The number of benzene rings is 1. The first-order valence-electron chi connectivity index (χ1n) is 6.95. The lowest BCUT2D eigenvalue weighted by Gasteiger charge is -2.06. The van der Waals surface area contributed by atoms with Crippen LogP contribution in [0.1, 0.15) is 18.2 Å². The summed E-state index contributed by atoms with van der Waals surface area (Å²) in [7, 11) is 1.55. The molecule has 2 aromatic rings. The minimum Gasteiger partial charge on any atom is -0.494 e. The van der Waals surface area contributed by atoms with Crippen LogP contribution in [0.3, 0.4) is 0 Å². The summed E-state index contributed by atoms with van der Waals surface area (Å²) in [5.41, 5.74) is 4.26. The SMILES string of the molecule is CCOC(=O)Cc1csc(NN=Cc2cc(Cl)c(OC)c(Br)c2)n1. The van der Waals surface area contributed by atoms with Crippen molar-refractivity contribution in [3.63, 3.8) is 0 Å². The smallest absolute Gasteiger partial charge is 0.311 e. The zero-order valence-electron chi connectivity index (χ0n) is 13.0. The maximum Gasteiger partial charge on any atom is 0.311 e. The number of nitrogens with one attached hydrogen (secondary N) is 1. The van der Waals surface area contributed by atoms with Gasteiger partial charge in [0.05, 0.1) is 41.5 Å². The third-order valence-corrected chi connectivity index (χ3v) is 4.45. The van der Waals surface area contributed by atoms with E-state index in [0.29, 0.717) is 28.2 Å². The Morgan fingerprint density at radius 3 is 3.00 bits per heavy atom. The molecule has 1 aromatic heterocycles. The molecule has 0 amide bonds. The van der Waals surface area contributed by atoms with Gasteiger partial charge in [0.25, 0.3) is 0 Å². The molecule has 0 bridgehead atoms. The summed E-state index contributed by atoms with van der Waals surface area (Å²) in [6.45, 7) is 2.13. The van der Waals surface area contributed by atoms with Crippen molar-refractivity contribution in [3.05, 3.63) is 38.3 Å². The monoisotopic (exact) mass is 431 g/mol. The maximum absolute atomic E-state index is 11.4. The van der Waals surface area contributed by atoms with Crippen LogP contribution in [0.4, 0.5) is 5.13 Å². The van der Waals surface area contributed by atoms with Crippen molar-refractivity contribution in [1.29, 1.82) is 0 Å². The van der Waals surface area contributed by atoms with Crippen LogP contribution < -0.4 is 10.2 Å². The summed E-state index contributed by atoms with van der Waals surface area (Å²) in [5, 5.41) is 6.97. The van der Waals surface area contributed by atoms with Gasteiger partial charge < -0.3 is 9.47 Å². The lowest BCUT2D eigenvalue weighted by Crippen LogP contribution is -2.07. The van der Waals surface area contributed by atoms with Gasteiger partial charge in [0, 0.05) is 5.38 Å². The zero-order chi connectivity index (χ0) is 17.5. The summed E-state index contributed by atoms with van der Waals surface area (Å²) in [5.74, 6) is 0.279. The minimum absolute atomic E-state index is 0.150. The summed E-state index contributed by atoms with van der Waals surface area (Å²) < 4.78 is 10.8. The number of halogens is 2. The van der Waals surface area contributed by atoms with Gasteiger partial charge in [-0.3, -0.25) is 10.2 Å². The Morgan fingerprint density at radius 2 is 2.33 bits per heavy atom. The van der Waals surface area contributed by atoms with E-state index in [1.165, 1.54) is 11.3 Å². The normalized spacial score (nSPS) is 10.8. The van der Waals surface area contributed by atoms with E-state index in [-0.39, 0.29) is 12.4 Å². The molecule has 128 valence electrons. The van der Waals surface area contributed by atoms with E-state index in [0.717, 1.165) is 10.0 Å². The Labute approximate surface area is 157 Å². The maximum atomic E-state index is 11.4. The Hall–Kier alpha value is -1.64. The number of esters is 1. The summed E-state index contributed by atoms with van der Waals surface area (Å²) in [4.78, 5) is 15.7. The fourth-order valence-corrected chi connectivity index (χ4v) is 3.53. The average molecular weight is 433 g/mol. The average Bonchev–Trinajstić information content (AvgIpc) is 2.94. The number of hydrogen-bond donors (Lipinski definition) is 1. The van der Waals surface area contributed by atoms with Gasteiger partial charge in [-0.2, -0.15) is 5.10 Å². The molecule has 0 aliphatic heterocycles. The lowest BCUT2D eigenvalue weighted by atomic mass is 10.2. The van der Waals surface area contributed by atoms with Crippen LogP contribution in [-0.4, -0.2) is 30.9 Å². The molecule has 0 saturated heterocycles.